The molecular formula is C18H38NO+. The molecule has 20 heavy (non-hydrogen) atoms. The van der Waals surface area contributed by atoms with Crippen molar-refractivity contribution >= 4 is 0 Å². The van der Waals surface area contributed by atoms with Crippen LogP contribution in [0.4, 0.5) is 0 Å². The van der Waals surface area contributed by atoms with E-state index in [4.69, 9.17) is 0 Å². The van der Waals surface area contributed by atoms with Gasteiger partial charge in [-0.05, 0) is 12.8 Å². The molecule has 0 fully saturated rings. The number of quaternary nitrogens is 1. The van der Waals surface area contributed by atoms with E-state index in [-0.39, 0.29) is 5.41 Å². The molecule has 0 aromatic heterocycles. The number of unbranched alkanes of at least 4 members (excludes halogenated alkanes) is 7. The third kappa shape index (κ3) is 10.3. The van der Waals surface area contributed by atoms with Crippen molar-refractivity contribution in [1.29, 1.82) is 0 Å². The molecule has 0 heterocycles. The highest BCUT2D eigenvalue weighted by Crippen LogP contribution is 2.24. The minimum Gasteiger partial charge on any atom is -0.506 e. The van der Waals surface area contributed by atoms with Gasteiger partial charge in [0.1, 0.15) is 6.20 Å². The Hall–Kier alpha value is -0.500. The van der Waals surface area contributed by atoms with Crippen LogP contribution in [0.15, 0.2) is 12.0 Å². The predicted octanol–water partition coefficient (Wildman–Crippen LogP) is 5.65. The molecule has 0 saturated heterocycles. The molecule has 2 heteroatoms. The Morgan fingerprint density at radius 3 is 1.80 bits per heavy atom. The van der Waals surface area contributed by atoms with Gasteiger partial charge in [-0.25, -0.2) is 0 Å². The van der Waals surface area contributed by atoms with Crippen molar-refractivity contribution < 1.29 is 9.59 Å². The Morgan fingerprint density at radius 1 is 0.900 bits per heavy atom. The standard InChI is InChI=1S/C18H37NO/c1-7-8-9-10-11-12-13-14-15-19(5,6)16-17(20)18(2,3)4/h16H,7-15H2,1-6H3/p+1. The zero-order valence-electron chi connectivity index (χ0n) is 14.8. The lowest BCUT2D eigenvalue weighted by molar-refractivity contribution is -0.840. The van der Waals surface area contributed by atoms with E-state index >= 15 is 0 Å². The summed E-state index contributed by atoms with van der Waals surface area (Å²) in [6, 6.07) is 0. The van der Waals surface area contributed by atoms with Crippen molar-refractivity contribution in [2.45, 2.75) is 79.1 Å². The Kier molecular flexibility index (Phi) is 9.20. The summed E-state index contributed by atoms with van der Waals surface area (Å²) in [6.07, 6.45) is 12.8. The van der Waals surface area contributed by atoms with Crippen molar-refractivity contribution in [3.63, 3.8) is 0 Å². The number of aliphatic hydroxyl groups is 1. The first-order chi connectivity index (χ1) is 9.19. The van der Waals surface area contributed by atoms with Gasteiger partial charge in [0.15, 0.2) is 5.76 Å². The van der Waals surface area contributed by atoms with Crippen molar-refractivity contribution in [3.05, 3.63) is 12.0 Å². The smallest absolute Gasteiger partial charge is 0.151 e. The molecule has 2 nitrogen and oxygen atoms in total. The third-order valence-corrected chi connectivity index (χ3v) is 3.83. The summed E-state index contributed by atoms with van der Waals surface area (Å²) in [6.45, 7) is 9.52. The Morgan fingerprint density at radius 2 is 1.35 bits per heavy atom. The second kappa shape index (κ2) is 9.44. The van der Waals surface area contributed by atoms with Gasteiger partial charge in [-0.1, -0.05) is 66.2 Å². The lowest BCUT2D eigenvalue weighted by Crippen LogP contribution is -2.35. The second-order valence-electron chi connectivity index (χ2n) is 7.74. The van der Waals surface area contributed by atoms with Crippen LogP contribution in [-0.2, 0) is 0 Å². The fourth-order valence-corrected chi connectivity index (χ4v) is 2.24. The summed E-state index contributed by atoms with van der Waals surface area (Å²) in [5.41, 5.74) is -0.144. The largest absolute Gasteiger partial charge is 0.506 e. The summed E-state index contributed by atoms with van der Waals surface area (Å²) in [7, 11) is 4.34. The summed E-state index contributed by atoms with van der Waals surface area (Å²) in [5, 5.41) is 10.1. The molecule has 0 unspecified atom stereocenters. The average molecular weight is 285 g/mol. The zero-order chi connectivity index (χ0) is 15.6. The van der Waals surface area contributed by atoms with Gasteiger partial charge in [-0.15, -0.1) is 0 Å². The van der Waals surface area contributed by atoms with Crippen LogP contribution in [0.3, 0.4) is 0 Å². The van der Waals surface area contributed by atoms with Crippen LogP contribution in [-0.4, -0.2) is 30.2 Å². The lowest BCUT2D eigenvalue weighted by Gasteiger charge is -2.28. The van der Waals surface area contributed by atoms with Crippen molar-refractivity contribution in [2.75, 3.05) is 20.6 Å². The number of hydrogen-bond donors (Lipinski definition) is 1. The van der Waals surface area contributed by atoms with E-state index in [1.54, 1.807) is 0 Å². The summed E-state index contributed by atoms with van der Waals surface area (Å²) in [4.78, 5) is 0. The van der Waals surface area contributed by atoms with Crippen LogP contribution in [0.2, 0.25) is 0 Å². The number of rotatable bonds is 10. The molecule has 0 radical (unpaired) electrons. The van der Waals surface area contributed by atoms with Crippen molar-refractivity contribution in [1.82, 2.24) is 0 Å². The molecule has 0 bridgehead atoms. The maximum atomic E-state index is 10.1. The normalized spacial score (nSPS) is 13.8. The third-order valence-electron chi connectivity index (χ3n) is 3.83. The summed E-state index contributed by atoms with van der Waals surface area (Å²) < 4.78 is 0.777. The lowest BCUT2D eigenvalue weighted by atomic mass is 9.94. The van der Waals surface area contributed by atoms with Gasteiger partial charge in [0.25, 0.3) is 0 Å². The Labute approximate surface area is 127 Å². The number of nitrogens with zero attached hydrogens (tertiary/aromatic N) is 1. The maximum Gasteiger partial charge on any atom is 0.151 e. The molecule has 0 amide bonds. The van der Waals surface area contributed by atoms with Gasteiger partial charge in [0, 0.05) is 5.41 Å². The van der Waals surface area contributed by atoms with E-state index in [2.05, 4.69) is 41.8 Å². The van der Waals surface area contributed by atoms with Gasteiger partial charge in [-0.2, -0.15) is 0 Å². The molecule has 0 aliphatic heterocycles. The number of aliphatic hydroxyl groups excluding tert-OH is 1. The molecule has 0 atom stereocenters. The molecule has 1 N–H and O–H groups in total. The maximum absolute atomic E-state index is 10.1. The van der Waals surface area contributed by atoms with Crippen LogP contribution in [0, 0.1) is 5.41 Å². The quantitative estimate of drug-likeness (QED) is 0.312. The van der Waals surface area contributed by atoms with Gasteiger partial charge in [-0.3, -0.25) is 4.48 Å². The van der Waals surface area contributed by atoms with E-state index in [0.717, 1.165) is 11.0 Å². The molecule has 0 aromatic carbocycles. The molecule has 0 rings (SSSR count). The Bertz CT molecular complexity index is 274. The topological polar surface area (TPSA) is 20.2 Å². The van der Waals surface area contributed by atoms with Gasteiger partial charge < -0.3 is 5.11 Å². The van der Waals surface area contributed by atoms with E-state index < -0.39 is 0 Å². The monoisotopic (exact) mass is 284 g/mol. The first-order valence-corrected chi connectivity index (χ1v) is 8.44. The summed E-state index contributed by atoms with van der Waals surface area (Å²) >= 11 is 0. The van der Waals surface area contributed by atoms with Crippen molar-refractivity contribution in [3.8, 4) is 0 Å². The fraction of sp³-hybridized carbons (Fsp3) is 0.889. The van der Waals surface area contributed by atoms with Gasteiger partial charge in [0.05, 0.1) is 20.6 Å². The van der Waals surface area contributed by atoms with Crippen LogP contribution >= 0.6 is 0 Å². The highest BCUT2D eigenvalue weighted by Gasteiger charge is 2.22. The van der Waals surface area contributed by atoms with Crippen molar-refractivity contribution in [2.24, 2.45) is 5.41 Å². The number of allylic oxidation sites excluding steroid dienone is 1. The first kappa shape index (κ1) is 19.5. The SMILES string of the molecule is CCCCCCCCCC[N+](C)(C)C=C(O)C(C)(C)C. The van der Waals surface area contributed by atoms with Gasteiger partial charge in [0.2, 0.25) is 0 Å². The fourth-order valence-electron chi connectivity index (χ4n) is 2.24. The van der Waals surface area contributed by atoms with E-state index in [1.807, 2.05) is 6.20 Å². The first-order valence-electron chi connectivity index (χ1n) is 8.44. The molecule has 0 saturated carbocycles. The number of hydrogen-bond acceptors (Lipinski definition) is 1. The molecule has 0 aliphatic carbocycles. The minimum absolute atomic E-state index is 0.144. The van der Waals surface area contributed by atoms with Crippen LogP contribution < -0.4 is 0 Å². The van der Waals surface area contributed by atoms with Crippen LogP contribution in [0.1, 0.15) is 79.1 Å². The molecule has 0 aromatic rings. The highest BCUT2D eigenvalue weighted by atomic mass is 16.3. The van der Waals surface area contributed by atoms with Crippen LogP contribution in [0.5, 0.6) is 0 Å². The predicted molar refractivity (Wildman–Crippen MR) is 89.8 cm³/mol. The molecule has 120 valence electrons. The Balaban J connectivity index is 3.83. The van der Waals surface area contributed by atoms with Gasteiger partial charge >= 0.3 is 0 Å². The summed E-state index contributed by atoms with van der Waals surface area (Å²) in [5.74, 6) is 0.502. The minimum atomic E-state index is -0.144. The molecule has 0 aliphatic rings. The average Bonchev–Trinajstić information content (AvgIpc) is 2.30. The van der Waals surface area contributed by atoms with E-state index in [1.165, 1.54) is 51.4 Å². The molecule has 0 spiro atoms. The van der Waals surface area contributed by atoms with E-state index in [9.17, 15) is 5.11 Å². The molecular weight excluding hydrogens is 246 g/mol. The second-order valence-corrected chi connectivity index (χ2v) is 7.74. The highest BCUT2D eigenvalue weighted by molar-refractivity contribution is 4.96. The van der Waals surface area contributed by atoms with E-state index in [0.29, 0.717) is 5.76 Å². The zero-order valence-corrected chi connectivity index (χ0v) is 14.8. The van der Waals surface area contributed by atoms with Crippen LogP contribution in [0.25, 0.3) is 0 Å².